The number of nitrogens with zero attached hydrogens (tertiary/aromatic N) is 2. The molecule has 3 rings (SSSR count). The molecule has 0 amide bonds. The third kappa shape index (κ3) is 3.77. The zero-order chi connectivity index (χ0) is 17.8. The van der Waals surface area contributed by atoms with Gasteiger partial charge in [0.05, 0.1) is 17.8 Å². The van der Waals surface area contributed by atoms with Gasteiger partial charge in [-0.25, -0.2) is 14.6 Å². The Labute approximate surface area is 145 Å². The van der Waals surface area contributed by atoms with Crippen LogP contribution >= 0.6 is 11.3 Å². The van der Waals surface area contributed by atoms with Gasteiger partial charge in [0.1, 0.15) is 13.2 Å². The first kappa shape index (κ1) is 16.9. The molecule has 8 nitrogen and oxygen atoms in total. The first-order chi connectivity index (χ1) is 12.1. The number of hydrogen-bond donors (Lipinski definition) is 0. The van der Waals surface area contributed by atoms with E-state index in [0.717, 1.165) is 11.3 Å². The number of ether oxygens (including phenoxy) is 2. The standard InChI is InChI=1S/C16H14N2O6S/c1-2-22-15(20)14-17-10(9-25-14)8-23-13(19)7-18-11-5-3-4-6-12(11)24-16(18)21/h3-6,9H,2,7-8H2,1H3. The average molecular weight is 362 g/mol. The molecule has 1 aromatic carbocycles. The maximum absolute atomic E-state index is 12.0. The maximum Gasteiger partial charge on any atom is 0.420 e. The average Bonchev–Trinajstić information content (AvgIpc) is 3.19. The summed E-state index contributed by atoms with van der Waals surface area (Å²) in [5, 5.41) is 1.81. The monoisotopic (exact) mass is 362 g/mol. The van der Waals surface area contributed by atoms with Crippen molar-refractivity contribution in [3.63, 3.8) is 0 Å². The lowest BCUT2D eigenvalue weighted by Gasteiger charge is -2.03. The number of carbonyl (C=O) groups is 2. The number of aromatic nitrogens is 2. The van der Waals surface area contributed by atoms with Crippen molar-refractivity contribution in [1.29, 1.82) is 0 Å². The van der Waals surface area contributed by atoms with Crippen LogP contribution in [-0.4, -0.2) is 28.1 Å². The third-order valence-corrected chi connectivity index (χ3v) is 4.11. The topological polar surface area (TPSA) is 101 Å². The molecule has 25 heavy (non-hydrogen) atoms. The summed E-state index contributed by atoms with van der Waals surface area (Å²) in [6.45, 7) is 1.59. The third-order valence-electron chi connectivity index (χ3n) is 3.24. The van der Waals surface area contributed by atoms with Crippen LogP contribution in [0.2, 0.25) is 0 Å². The van der Waals surface area contributed by atoms with E-state index in [9.17, 15) is 14.4 Å². The zero-order valence-corrected chi connectivity index (χ0v) is 14.1. The summed E-state index contributed by atoms with van der Waals surface area (Å²) in [7, 11) is 0. The van der Waals surface area contributed by atoms with Crippen LogP contribution in [0.25, 0.3) is 11.1 Å². The van der Waals surface area contributed by atoms with Gasteiger partial charge in [-0.05, 0) is 19.1 Å². The van der Waals surface area contributed by atoms with E-state index in [4.69, 9.17) is 13.9 Å². The van der Waals surface area contributed by atoms with Gasteiger partial charge in [-0.3, -0.25) is 9.36 Å². The first-order valence-electron chi connectivity index (χ1n) is 7.44. The van der Waals surface area contributed by atoms with Gasteiger partial charge < -0.3 is 13.9 Å². The zero-order valence-electron chi connectivity index (χ0n) is 13.3. The summed E-state index contributed by atoms with van der Waals surface area (Å²) in [6.07, 6.45) is 0. The summed E-state index contributed by atoms with van der Waals surface area (Å²) < 4.78 is 16.2. The Kier molecular flexibility index (Phi) is 4.94. The quantitative estimate of drug-likeness (QED) is 0.618. The Morgan fingerprint density at radius 3 is 2.88 bits per heavy atom. The first-order valence-corrected chi connectivity index (χ1v) is 8.32. The molecule has 2 heterocycles. The second kappa shape index (κ2) is 7.31. The molecule has 2 aromatic heterocycles. The van der Waals surface area contributed by atoms with Gasteiger partial charge in [0.2, 0.25) is 5.01 Å². The fourth-order valence-electron chi connectivity index (χ4n) is 2.15. The van der Waals surface area contributed by atoms with Crippen LogP contribution in [0.4, 0.5) is 0 Å². The summed E-state index contributed by atoms with van der Waals surface area (Å²) >= 11 is 1.11. The lowest BCUT2D eigenvalue weighted by atomic mass is 10.3. The Balaban J connectivity index is 1.62. The molecule has 0 aliphatic rings. The van der Waals surface area contributed by atoms with E-state index >= 15 is 0 Å². The fraction of sp³-hybridized carbons (Fsp3) is 0.250. The van der Waals surface area contributed by atoms with E-state index in [-0.39, 0.29) is 24.8 Å². The minimum atomic E-state index is -0.628. The van der Waals surface area contributed by atoms with Crippen molar-refractivity contribution >= 4 is 34.4 Å². The normalized spacial score (nSPS) is 10.8. The van der Waals surface area contributed by atoms with Crippen LogP contribution in [0.5, 0.6) is 0 Å². The predicted molar refractivity (Wildman–Crippen MR) is 88.3 cm³/mol. The van der Waals surface area contributed by atoms with Crippen LogP contribution < -0.4 is 5.76 Å². The molecule has 0 N–H and O–H groups in total. The van der Waals surface area contributed by atoms with Crippen molar-refractivity contribution in [2.45, 2.75) is 20.1 Å². The molecule has 9 heteroatoms. The van der Waals surface area contributed by atoms with Gasteiger partial charge >= 0.3 is 17.7 Å². The molecular weight excluding hydrogens is 348 g/mol. The van der Waals surface area contributed by atoms with Crippen molar-refractivity contribution in [2.24, 2.45) is 0 Å². The molecule has 0 radical (unpaired) electrons. The number of thiazole rings is 1. The Bertz CT molecular complexity index is 970. The molecule has 3 aromatic rings. The smallest absolute Gasteiger partial charge is 0.420 e. The van der Waals surface area contributed by atoms with Crippen molar-refractivity contribution in [1.82, 2.24) is 9.55 Å². The van der Waals surface area contributed by atoms with Gasteiger partial charge in [-0.2, -0.15) is 0 Å². The van der Waals surface area contributed by atoms with Crippen molar-refractivity contribution in [3.8, 4) is 0 Å². The van der Waals surface area contributed by atoms with E-state index < -0.39 is 17.7 Å². The molecule has 0 bridgehead atoms. The van der Waals surface area contributed by atoms with E-state index in [1.807, 2.05) is 0 Å². The SMILES string of the molecule is CCOC(=O)c1nc(COC(=O)Cn2c(=O)oc3ccccc32)cs1. The van der Waals surface area contributed by atoms with E-state index in [1.54, 1.807) is 36.6 Å². The van der Waals surface area contributed by atoms with E-state index in [2.05, 4.69) is 4.98 Å². The molecule has 0 fully saturated rings. The highest BCUT2D eigenvalue weighted by atomic mass is 32.1. The summed E-state index contributed by atoms with van der Waals surface area (Å²) in [4.78, 5) is 39.4. The maximum atomic E-state index is 12.0. The van der Waals surface area contributed by atoms with Crippen LogP contribution in [0.1, 0.15) is 22.4 Å². The summed E-state index contributed by atoms with van der Waals surface area (Å²) in [6, 6.07) is 6.80. The van der Waals surface area contributed by atoms with E-state index in [0.29, 0.717) is 16.8 Å². The number of hydrogen-bond acceptors (Lipinski definition) is 8. The van der Waals surface area contributed by atoms with Crippen molar-refractivity contribution < 1.29 is 23.5 Å². The second-order valence-corrected chi connectivity index (χ2v) is 5.81. The molecular formula is C16H14N2O6S. The molecule has 0 aliphatic carbocycles. The molecule has 0 aliphatic heterocycles. The molecule has 0 spiro atoms. The van der Waals surface area contributed by atoms with Gasteiger partial charge in [-0.15, -0.1) is 11.3 Å². The van der Waals surface area contributed by atoms with E-state index in [1.165, 1.54) is 4.57 Å². The van der Waals surface area contributed by atoms with Crippen LogP contribution in [0, 0.1) is 0 Å². The number of esters is 2. The van der Waals surface area contributed by atoms with Crippen LogP contribution in [0.3, 0.4) is 0 Å². The minimum Gasteiger partial charge on any atom is -0.461 e. The predicted octanol–water partition coefficient (Wildman–Crippen LogP) is 1.97. The van der Waals surface area contributed by atoms with Gasteiger partial charge in [-0.1, -0.05) is 12.1 Å². The Hall–Kier alpha value is -2.94. The minimum absolute atomic E-state index is 0.0979. The number of carbonyl (C=O) groups excluding carboxylic acids is 2. The van der Waals surface area contributed by atoms with Crippen molar-refractivity contribution in [2.75, 3.05) is 6.61 Å². The molecule has 0 saturated carbocycles. The lowest BCUT2D eigenvalue weighted by molar-refractivity contribution is -0.145. The summed E-state index contributed by atoms with van der Waals surface area (Å²) in [5.41, 5.74) is 1.35. The molecule has 0 atom stereocenters. The van der Waals surface area contributed by atoms with Crippen LogP contribution in [-0.2, 0) is 27.4 Å². The van der Waals surface area contributed by atoms with Gasteiger partial charge in [0.15, 0.2) is 5.58 Å². The number of oxazole rings is 1. The van der Waals surface area contributed by atoms with Crippen molar-refractivity contribution in [3.05, 3.63) is 50.9 Å². The summed E-state index contributed by atoms with van der Waals surface area (Å²) in [5.74, 6) is -1.75. The Morgan fingerprint density at radius 1 is 1.28 bits per heavy atom. The highest BCUT2D eigenvalue weighted by Gasteiger charge is 2.15. The largest absolute Gasteiger partial charge is 0.461 e. The number of benzene rings is 1. The Morgan fingerprint density at radius 2 is 2.08 bits per heavy atom. The lowest BCUT2D eigenvalue weighted by Crippen LogP contribution is -2.21. The van der Waals surface area contributed by atoms with Gasteiger partial charge in [0.25, 0.3) is 0 Å². The highest BCUT2D eigenvalue weighted by Crippen LogP contribution is 2.13. The van der Waals surface area contributed by atoms with Gasteiger partial charge in [0, 0.05) is 5.38 Å². The molecule has 130 valence electrons. The molecule has 0 saturated heterocycles. The fourth-order valence-corrected chi connectivity index (χ4v) is 2.85. The number of rotatable bonds is 6. The number of para-hydroxylation sites is 2. The molecule has 0 unspecified atom stereocenters. The highest BCUT2D eigenvalue weighted by molar-refractivity contribution is 7.11. The number of fused-ring (bicyclic) bond motifs is 1. The second-order valence-electron chi connectivity index (χ2n) is 4.95. The van der Waals surface area contributed by atoms with Crippen LogP contribution in [0.15, 0.2) is 38.9 Å².